The van der Waals surface area contributed by atoms with E-state index in [0.717, 1.165) is 37.9 Å². The number of halogens is 2. The van der Waals surface area contributed by atoms with Gasteiger partial charge in [0.25, 0.3) is 0 Å². The van der Waals surface area contributed by atoms with Crippen molar-refractivity contribution in [3.05, 3.63) is 33.8 Å². The summed E-state index contributed by atoms with van der Waals surface area (Å²) in [6.45, 7) is 3.11. The molecule has 1 aliphatic carbocycles. The summed E-state index contributed by atoms with van der Waals surface area (Å²) in [6, 6.07) is 5.75. The molecule has 2 amide bonds. The smallest absolute Gasteiger partial charge is 0.415 e. The Morgan fingerprint density at radius 2 is 1.87 bits per heavy atom. The zero-order chi connectivity index (χ0) is 22.0. The van der Waals surface area contributed by atoms with Crippen molar-refractivity contribution in [2.45, 2.75) is 50.6 Å². The summed E-state index contributed by atoms with van der Waals surface area (Å²) in [5.41, 5.74) is 0.850. The van der Waals surface area contributed by atoms with E-state index in [1.165, 1.54) is 20.0 Å². The molecule has 0 aromatic heterocycles. The minimum atomic E-state index is -0.360. The van der Waals surface area contributed by atoms with E-state index in [-0.39, 0.29) is 30.4 Å². The molecule has 2 aliphatic heterocycles. The van der Waals surface area contributed by atoms with Crippen LogP contribution < -0.4 is 0 Å². The lowest BCUT2D eigenvalue weighted by Gasteiger charge is -2.45. The summed E-state index contributed by atoms with van der Waals surface area (Å²) >= 11 is 12.2. The molecule has 0 bridgehead atoms. The van der Waals surface area contributed by atoms with Crippen LogP contribution in [0.2, 0.25) is 10.0 Å². The topological polar surface area (TPSA) is 52.9 Å². The van der Waals surface area contributed by atoms with Crippen LogP contribution >= 0.6 is 23.2 Å². The average molecular weight is 467 g/mol. The van der Waals surface area contributed by atoms with Gasteiger partial charge in [0.15, 0.2) is 12.8 Å². The van der Waals surface area contributed by atoms with Gasteiger partial charge in [-0.2, -0.15) is 4.79 Å². The summed E-state index contributed by atoms with van der Waals surface area (Å²) < 4.78 is 6.63. The molecule has 3 unspecified atom stereocenters. The highest BCUT2D eigenvalue weighted by atomic mass is 35.5. The van der Waals surface area contributed by atoms with E-state index in [2.05, 4.69) is 4.90 Å². The van der Waals surface area contributed by atoms with Crippen LogP contribution in [-0.2, 0) is 16.0 Å². The molecule has 2 fully saturated rings. The number of methoxy groups -OCH3 is 1. The predicted molar refractivity (Wildman–Crippen MR) is 121 cm³/mol. The van der Waals surface area contributed by atoms with E-state index >= 15 is 0 Å². The highest BCUT2D eigenvalue weighted by Gasteiger charge is 2.45. The molecule has 8 heteroatoms. The number of nitrogens with zero attached hydrogens (tertiary/aromatic N) is 3. The highest BCUT2D eigenvalue weighted by molar-refractivity contribution is 6.42. The summed E-state index contributed by atoms with van der Waals surface area (Å²) in [6.07, 6.45) is 7.51. The Bertz CT molecular complexity index is 870. The van der Waals surface area contributed by atoms with Crippen LogP contribution in [0.1, 0.15) is 37.7 Å². The van der Waals surface area contributed by atoms with Gasteiger partial charge in [-0.1, -0.05) is 35.7 Å². The Morgan fingerprint density at radius 3 is 2.58 bits per heavy atom. The second-order valence-electron chi connectivity index (χ2n) is 8.72. The molecule has 0 spiro atoms. The normalized spacial score (nSPS) is 26.7. The van der Waals surface area contributed by atoms with Crippen LogP contribution in [0.15, 0.2) is 18.2 Å². The summed E-state index contributed by atoms with van der Waals surface area (Å²) in [4.78, 5) is 30.4. The van der Waals surface area contributed by atoms with Crippen molar-refractivity contribution in [3.8, 4) is 0 Å². The van der Waals surface area contributed by atoms with E-state index in [9.17, 15) is 9.59 Å². The monoisotopic (exact) mass is 466 g/mol. The third kappa shape index (κ3) is 4.91. The first-order valence-electron chi connectivity index (χ1n) is 11.1. The number of hydrogen-bond donors (Lipinski definition) is 0. The van der Waals surface area contributed by atoms with Crippen molar-refractivity contribution in [2.75, 3.05) is 33.3 Å². The Morgan fingerprint density at radius 1 is 1.10 bits per heavy atom. The molecule has 4 rings (SSSR count). The maximum atomic E-state index is 13.6. The molecule has 3 atom stereocenters. The number of amides is 2. The molecule has 1 saturated heterocycles. The lowest BCUT2D eigenvalue weighted by atomic mass is 9.79. The fourth-order valence-electron chi connectivity index (χ4n) is 5.42. The first-order valence-corrected chi connectivity index (χ1v) is 11.9. The first-order chi connectivity index (χ1) is 15.0. The maximum absolute atomic E-state index is 13.6. The quantitative estimate of drug-likeness (QED) is 0.634. The minimum Gasteiger partial charge on any atom is -0.415 e. The first kappa shape index (κ1) is 22.6. The molecule has 0 radical (unpaired) electrons. The SMILES string of the molecule is COC(=O)[N+]1=CC2CCCC(N3CCCC3)C2N(C(=O)Cc2ccc(Cl)c(Cl)c2)CC1. The highest BCUT2D eigenvalue weighted by Crippen LogP contribution is 2.34. The van der Waals surface area contributed by atoms with Gasteiger partial charge in [0.05, 0.1) is 42.1 Å². The molecular formula is C23H30Cl2N3O3+. The predicted octanol–water partition coefficient (Wildman–Crippen LogP) is 3.86. The van der Waals surface area contributed by atoms with Gasteiger partial charge in [-0.3, -0.25) is 9.69 Å². The third-order valence-electron chi connectivity index (χ3n) is 6.86. The van der Waals surface area contributed by atoms with Crippen LogP contribution in [0.3, 0.4) is 0 Å². The van der Waals surface area contributed by atoms with Crippen molar-refractivity contribution in [1.29, 1.82) is 0 Å². The van der Waals surface area contributed by atoms with Gasteiger partial charge in [0.2, 0.25) is 5.91 Å². The standard InChI is InChI=1S/C23H30Cl2N3O3/c1-31-23(30)27-11-12-28(21(29)14-16-7-8-18(24)19(25)13-16)22-17(15-27)5-4-6-20(22)26-9-2-3-10-26/h7-8,13,15,17,20,22H,2-6,9-12,14H2,1H3/q+1. The van der Waals surface area contributed by atoms with Crippen LogP contribution in [0.25, 0.3) is 0 Å². The summed E-state index contributed by atoms with van der Waals surface area (Å²) in [5.74, 6) is 0.207. The number of hydrogen-bond acceptors (Lipinski definition) is 4. The Hall–Kier alpha value is -1.63. The number of rotatable bonds is 3. The fourth-order valence-corrected chi connectivity index (χ4v) is 5.74. The van der Waals surface area contributed by atoms with Gasteiger partial charge < -0.3 is 9.64 Å². The van der Waals surface area contributed by atoms with Crippen LogP contribution in [0, 0.1) is 5.92 Å². The largest absolute Gasteiger partial charge is 0.595 e. The van der Waals surface area contributed by atoms with Crippen molar-refractivity contribution in [3.63, 3.8) is 0 Å². The van der Waals surface area contributed by atoms with Crippen LogP contribution in [0.4, 0.5) is 4.79 Å². The van der Waals surface area contributed by atoms with E-state index in [1.807, 2.05) is 17.2 Å². The number of benzene rings is 1. The molecule has 31 heavy (non-hydrogen) atoms. The van der Waals surface area contributed by atoms with Gasteiger partial charge in [-0.15, -0.1) is 4.58 Å². The average Bonchev–Trinajstić information content (AvgIpc) is 3.22. The van der Waals surface area contributed by atoms with Gasteiger partial charge >= 0.3 is 6.09 Å². The molecule has 168 valence electrons. The lowest BCUT2D eigenvalue weighted by molar-refractivity contribution is -0.441. The molecule has 3 aliphatic rings. The zero-order valence-corrected chi connectivity index (χ0v) is 19.4. The second-order valence-corrected chi connectivity index (χ2v) is 9.54. The minimum absolute atomic E-state index is 0.0665. The van der Waals surface area contributed by atoms with E-state index < -0.39 is 0 Å². The molecular weight excluding hydrogens is 437 g/mol. The fraction of sp³-hybridized carbons (Fsp3) is 0.609. The van der Waals surface area contributed by atoms with Crippen molar-refractivity contribution in [2.24, 2.45) is 5.92 Å². The van der Waals surface area contributed by atoms with E-state index in [0.29, 0.717) is 29.2 Å². The van der Waals surface area contributed by atoms with E-state index in [1.54, 1.807) is 16.7 Å². The molecule has 1 aromatic rings. The number of carbonyl (C=O) groups excluding carboxylic acids is 2. The van der Waals surface area contributed by atoms with Crippen LogP contribution in [-0.4, -0.2) is 78.0 Å². The number of carbonyl (C=O) groups is 2. The van der Waals surface area contributed by atoms with E-state index in [4.69, 9.17) is 27.9 Å². The Labute approximate surface area is 193 Å². The number of ether oxygens (including phenoxy) is 1. The summed E-state index contributed by atoms with van der Waals surface area (Å²) in [5, 5.41) is 0.941. The van der Waals surface area contributed by atoms with Crippen LogP contribution in [0.5, 0.6) is 0 Å². The zero-order valence-electron chi connectivity index (χ0n) is 17.9. The maximum Gasteiger partial charge on any atom is 0.595 e. The number of likely N-dealkylation sites (tertiary alicyclic amines) is 1. The molecule has 2 heterocycles. The molecule has 1 aromatic carbocycles. The Balaban J connectivity index is 1.63. The molecule has 0 N–H and O–H groups in total. The van der Waals surface area contributed by atoms with Gasteiger partial charge in [-0.25, -0.2) is 0 Å². The molecule has 6 nitrogen and oxygen atoms in total. The lowest BCUT2D eigenvalue weighted by Crippen LogP contribution is -2.58. The number of fused-ring (bicyclic) bond motifs is 1. The molecule has 1 saturated carbocycles. The van der Waals surface area contributed by atoms with Crippen molar-refractivity contribution in [1.82, 2.24) is 9.80 Å². The third-order valence-corrected chi connectivity index (χ3v) is 7.60. The second kappa shape index (κ2) is 9.88. The van der Waals surface area contributed by atoms with Gasteiger partial charge in [-0.05, 0) is 56.5 Å². The van der Waals surface area contributed by atoms with Crippen molar-refractivity contribution >= 4 is 41.4 Å². The van der Waals surface area contributed by atoms with Gasteiger partial charge in [0.1, 0.15) is 0 Å². The van der Waals surface area contributed by atoms with Gasteiger partial charge in [0, 0.05) is 6.04 Å². The summed E-state index contributed by atoms with van der Waals surface area (Å²) in [7, 11) is 1.40. The Kier molecular flexibility index (Phi) is 7.19. The van der Waals surface area contributed by atoms with Crippen molar-refractivity contribution < 1.29 is 18.9 Å².